The van der Waals surface area contributed by atoms with Gasteiger partial charge in [-0.15, -0.1) is 11.6 Å². The van der Waals surface area contributed by atoms with Crippen LogP contribution in [0.5, 0.6) is 0 Å². The van der Waals surface area contributed by atoms with Crippen LogP contribution in [0, 0.1) is 0 Å². The molecule has 1 rings (SSSR count). The zero-order valence-electron chi connectivity index (χ0n) is 13.7. The number of amides is 2. The van der Waals surface area contributed by atoms with E-state index in [9.17, 15) is 19.2 Å². The van der Waals surface area contributed by atoms with Gasteiger partial charge in [0.2, 0.25) is 12.3 Å². The number of rotatable bonds is 9. The number of benzene rings is 1. The first-order chi connectivity index (χ1) is 11.8. The van der Waals surface area contributed by atoms with Gasteiger partial charge in [-0.2, -0.15) is 0 Å². The first-order valence-corrected chi connectivity index (χ1v) is 7.27. The van der Waals surface area contributed by atoms with Gasteiger partial charge in [-0.05, 0) is 5.56 Å². The number of hydrogen-bond donors (Lipinski definition) is 3. The van der Waals surface area contributed by atoms with Gasteiger partial charge in [-0.1, -0.05) is 30.3 Å². The highest BCUT2D eigenvalue weighted by Gasteiger charge is 2.33. The molecule has 3 N–H and O–H groups in total. The fraction of sp³-hybridized carbons (Fsp3) is 0.333. The van der Waals surface area contributed by atoms with Gasteiger partial charge in [0.15, 0.2) is 1.41 Å². The van der Waals surface area contributed by atoms with Crippen molar-refractivity contribution in [2.24, 2.45) is 0 Å². The number of carbonyl (C=O) groups is 4. The van der Waals surface area contributed by atoms with Crippen LogP contribution in [-0.4, -0.2) is 48.6 Å². The summed E-state index contributed by atoms with van der Waals surface area (Å²) in [6.07, 6.45) is -0.810. The molecule has 0 aliphatic heterocycles. The average molecular weight is 358 g/mol. The van der Waals surface area contributed by atoms with Gasteiger partial charge in [0.05, 0.1) is 18.9 Å². The minimum absolute atomic E-state index is 0.00426. The van der Waals surface area contributed by atoms with Gasteiger partial charge in [-0.3, -0.25) is 14.4 Å². The Balaban J connectivity index is 3.03. The molecule has 0 heterocycles. The number of carboxylic acid groups (broad SMARTS) is 1. The highest BCUT2D eigenvalue weighted by Crippen LogP contribution is 2.25. The number of methoxy groups -OCH3 is 1. The molecule has 0 radical (unpaired) electrons. The second-order valence-corrected chi connectivity index (χ2v) is 5.16. The Bertz CT molecular complexity index is 630. The van der Waals surface area contributed by atoms with Gasteiger partial charge in [0.1, 0.15) is 12.1 Å². The lowest BCUT2D eigenvalue weighted by atomic mass is 10.0. The summed E-state index contributed by atoms with van der Waals surface area (Å²) in [6, 6.07) is 5.43. The van der Waals surface area contributed by atoms with Crippen LogP contribution in [0.1, 0.15) is 17.4 Å². The summed E-state index contributed by atoms with van der Waals surface area (Å²) in [5, 5.41) is 10.2. The summed E-state index contributed by atoms with van der Waals surface area (Å²) in [6.45, 7) is 0. The van der Waals surface area contributed by atoms with Crippen molar-refractivity contribution in [3.05, 3.63) is 35.9 Å². The van der Waals surface area contributed by atoms with E-state index in [1.807, 2.05) is 0 Å². The molecule has 0 bridgehead atoms. The van der Waals surface area contributed by atoms with Crippen molar-refractivity contribution in [2.75, 3.05) is 7.11 Å². The molecule has 0 saturated carbocycles. The van der Waals surface area contributed by atoms with Gasteiger partial charge >= 0.3 is 11.9 Å². The number of hydrogen-bond acceptors (Lipinski definition) is 5. The minimum atomic E-state index is -1.62. The van der Waals surface area contributed by atoms with E-state index in [1.165, 1.54) is 0 Å². The number of nitrogens with one attached hydrogen (secondary N) is 2. The molecule has 8 nitrogen and oxygen atoms in total. The molecule has 0 aliphatic rings. The van der Waals surface area contributed by atoms with Crippen LogP contribution in [0.2, 0.25) is 1.41 Å². The lowest BCUT2D eigenvalue weighted by Crippen LogP contribution is -2.52. The Morgan fingerprint density at radius 3 is 2.50 bits per heavy atom. The van der Waals surface area contributed by atoms with Crippen LogP contribution in [0.3, 0.4) is 0 Å². The number of carbonyl (C=O) groups excluding carboxylic acids is 3. The van der Waals surface area contributed by atoms with E-state index < -0.39 is 41.7 Å². The van der Waals surface area contributed by atoms with E-state index in [1.54, 1.807) is 30.3 Å². The molecule has 130 valence electrons. The SMILES string of the molecule is [2H]N(C=O)[C@@H](CC(=O)O)C(=O)N[C@H](C(=O)OC)C(Cl)c1ccccc1. The maximum Gasteiger partial charge on any atom is 0.330 e. The van der Waals surface area contributed by atoms with E-state index in [0.29, 0.717) is 5.56 Å². The number of halogens is 1. The third-order valence-corrected chi connectivity index (χ3v) is 3.58. The van der Waals surface area contributed by atoms with E-state index >= 15 is 0 Å². The predicted octanol–water partition coefficient (Wildman–Crippen LogP) is 0.214. The van der Waals surface area contributed by atoms with Gasteiger partial charge < -0.3 is 20.5 Å². The third kappa shape index (κ3) is 5.54. The van der Waals surface area contributed by atoms with Crippen molar-refractivity contribution in [2.45, 2.75) is 23.9 Å². The Morgan fingerprint density at radius 1 is 1.38 bits per heavy atom. The molecule has 0 aliphatic carbocycles. The molecule has 9 heteroatoms. The molecule has 24 heavy (non-hydrogen) atoms. The van der Waals surface area contributed by atoms with Crippen molar-refractivity contribution >= 4 is 35.9 Å². The molecular weight excluding hydrogens is 340 g/mol. The first kappa shape index (κ1) is 17.7. The van der Waals surface area contributed by atoms with Crippen molar-refractivity contribution in [1.82, 2.24) is 10.6 Å². The van der Waals surface area contributed by atoms with E-state index in [0.717, 1.165) is 7.11 Å². The molecule has 2 amide bonds. The maximum absolute atomic E-state index is 12.3. The Morgan fingerprint density at radius 2 is 2.00 bits per heavy atom. The molecule has 1 aromatic rings. The molecule has 0 fully saturated rings. The Kier molecular flexibility index (Phi) is 7.03. The molecule has 3 atom stereocenters. The molecule has 0 spiro atoms. The smallest absolute Gasteiger partial charge is 0.330 e. The van der Waals surface area contributed by atoms with E-state index in [-0.39, 0.29) is 11.7 Å². The van der Waals surface area contributed by atoms with Crippen LogP contribution < -0.4 is 10.6 Å². The van der Waals surface area contributed by atoms with Crippen LogP contribution >= 0.6 is 11.6 Å². The molecule has 0 saturated heterocycles. The van der Waals surface area contributed by atoms with Crippen molar-refractivity contribution in [3.63, 3.8) is 0 Å². The number of carboxylic acids is 1. The van der Waals surface area contributed by atoms with Gasteiger partial charge in [0.25, 0.3) is 0 Å². The molecule has 1 aromatic carbocycles. The van der Waals surface area contributed by atoms with Crippen LogP contribution in [0.15, 0.2) is 30.3 Å². The second-order valence-electron chi connectivity index (χ2n) is 4.69. The van der Waals surface area contributed by atoms with Crippen LogP contribution in [-0.2, 0) is 23.9 Å². The molecule has 0 aromatic heterocycles. The van der Waals surface area contributed by atoms with Gasteiger partial charge in [-0.25, -0.2) is 4.79 Å². The van der Waals surface area contributed by atoms with E-state index in [2.05, 4.69) is 10.1 Å². The Labute approximate surface area is 144 Å². The van der Waals surface area contributed by atoms with Crippen molar-refractivity contribution in [3.8, 4) is 0 Å². The van der Waals surface area contributed by atoms with E-state index in [4.69, 9.17) is 18.1 Å². The fourth-order valence-electron chi connectivity index (χ4n) is 1.91. The number of ether oxygens (including phenoxy) is 1. The molecular formula is C15H17ClN2O6. The largest absolute Gasteiger partial charge is 0.481 e. The lowest BCUT2D eigenvalue weighted by Gasteiger charge is -2.24. The highest BCUT2D eigenvalue weighted by molar-refractivity contribution is 6.23. The fourth-order valence-corrected chi connectivity index (χ4v) is 2.22. The van der Waals surface area contributed by atoms with Crippen LogP contribution in [0.4, 0.5) is 0 Å². The standard InChI is InChI=1S/C15H17ClN2O6/c1-24-15(23)13(12(16)9-5-3-2-4-6-9)18-14(22)10(17-8-19)7-11(20)21/h2-6,8,10,12-13H,7H2,1H3,(H,17,19)(H,18,22)(H,20,21)/t10-,12?,13-/m0/s1/i/hD. The van der Waals surface area contributed by atoms with Crippen molar-refractivity contribution in [1.29, 1.82) is 0 Å². The number of esters is 1. The summed E-state index contributed by atoms with van der Waals surface area (Å²) in [5.41, 5.74) is 0.521. The lowest BCUT2D eigenvalue weighted by molar-refractivity contribution is -0.145. The topological polar surface area (TPSA) is 122 Å². The monoisotopic (exact) mass is 357 g/mol. The molecule has 1 unspecified atom stereocenters. The zero-order chi connectivity index (χ0) is 19.0. The van der Waals surface area contributed by atoms with Crippen molar-refractivity contribution < 1.29 is 30.4 Å². The summed E-state index contributed by atoms with van der Waals surface area (Å²) in [7, 11) is 1.10. The maximum atomic E-state index is 12.3. The summed E-state index contributed by atoms with van der Waals surface area (Å²) in [4.78, 5) is 45.8. The summed E-state index contributed by atoms with van der Waals surface area (Å²) in [5.74, 6) is -3.25. The first-order valence-electron chi connectivity index (χ1n) is 7.28. The number of aliphatic carboxylic acids is 1. The average Bonchev–Trinajstić information content (AvgIpc) is 2.62. The Hall–Kier alpha value is -2.61. The quantitative estimate of drug-likeness (QED) is 0.330. The van der Waals surface area contributed by atoms with Crippen LogP contribution in [0.25, 0.3) is 0 Å². The summed E-state index contributed by atoms with van der Waals surface area (Å²) >= 11 is 6.25. The summed E-state index contributed by atoms with van der Waals surface area (Å²) < 4.78 is 12.0. The third-order valence-electron chi connectivity index (χ3n) is 3.07. The highest BCUT2D eigenvalue weighted by atomic mass is 35.5. The predicted molar refractivity (Wildman–Crippen MR) is 84.2 cm³/mol. The number of alkyl halides is 1. The normalized spacial score (nSPS) is 14.5. The van der Waals surface area contributed by atoms with Gasteiger partial charge in [0, 0.05) is 0 Å². The second kappa shape index (κ2) is 9.51. The zero-order valence-corrected chi connectivity index (χ0v) is 13.5. The minimum Gasteiger partial charge on any atom is -0.481 e.